The van der Waals surface area contributed by atoms with Crippen molar-refractivity contribution in [3.05, 3.63) is 23.7 Å². The summed E-state index contributed by atoms with van der Waals surface area (Å²) < 4.78 is 10.4. The van der Waals surface area contributed by atoms with Crippen molar-refractivity contribution in [1.82, 2.24) is 10.2 Å². The van der Waals surface area contributed by atoms with E-state index < -0.39 is 0 Å². The predicted molar refractivity (Wildman–Crippen MR) is 81.2 cm³/mol. The number of nitrogens with one attached hydrogen (secondary N) is 1. The molecular weight excluding hydrogens is 268 g/mol. The van der Waals surface area contributed by atoms with Crippen LogP contribution in [0, 0.1) is 5.92 Å². The standard InChI is InChI=1S/C16H26N2O3/c1-12-5-4-8-18(10-12)13(2)9-17-16(19)15-7-6-14(21-15)11-20-3/h6-7,12-13H,4-5,8-11H2,1-3H3,(H,17,19). The van der Waals surface area contributed by atoms with Gasteiger partial charge in [0, 0.05) is 26.2 Å². The van der Waals surface area contributed by atoms with Crippen LogP contribution < -0.4 is 5.32 Å². The molecule has 1 saturated heterocycles. The zero-order chi connectivity index (χ0) is 15.2. The summed E-state index contributed by atoms with van der Waals surface area (Å²) in [6, 6.07) is 3.82. The number of amides is 1. The number of furan rings is 1. The van der Waals surface area contributed by atoms with E-state index in [1.807, 2.05) is 0 Å². The number of rotatable bonds is 6. The third kappa shape index (κ3) is 4.58. The molecule has 1 aliphatic rings. The number of hydrogen-bond donors (Lipinski definition) is 1. The normalized spacial score (nSPS) is 21.2. The molecule has 5 nitrogen and oxygen atoms in total. The lowest BCUT2D eigenvalue weighted by molar-refractivity contribution is 0.0883. The molecule has 1 aromatic heterocycles. The van der Waals surface area contributed by atoms with Gasteiger partial charge in [0.2, 0.25) is 0 Å². The average Bonchev–Trinajstić information content (AvgIpc) is 2.93. The Bertz CT molecular complexity index is 458. The molecule has 21 heavy (non-hydrogen) atoms. The second-order valence-corrected chi connectivity index (χ2v) is 6.00. The van der Waals surface area contributed by atoms with Gasteiger partial charge in [0.15, 0.2) is 5.76 Å². The molecule has 2 unspecified atom stereocenters. The summed E-state index contributed by atoms with van der Waals surface area (Å²) in [4.78, 5) is 14.5. The molecule has 0 radical (unpaired) electrons. The number of carbonyl (C=O) groups excluding carboxylic acids is 1. The predicted octanol–water partition coefficient (Wildman–Crippen LogP) is 2.28. The molecule has 0 aromatic carbocycles. The van der Waals surface area contributed by atoms with Gasteiger partial charge >= 0.3 is 0 Å². The summed E-state index contributed by atoms with van der Waals surface area (Å²) in [5, 5.41) is 2.95. The second-order valence-electron chi connectivity index (χ2n) is 6.00. The van der Waals surface area contributed by atoms with Crippen molar-refractivity contribution >= 4 is 5.91 Å². The maximum atomic E-state index is 12.0. The Hall–Kier alpha value is -1.33. The number of ether oxygens (including phenoxy) is 1. The molecule has 0 bridgehead atoms. The lowest BCUT2D eigenvalue weighted by Gasteiger charge is -2.35. The highest BCUT2D eigenvalue weighted by Crippen LogP contribution is 2.17. The highest BCUT2D eigenvalue weighted by atomic mass is 16.5. The van der Waals surface area contributed by atoms with Gasteiger partial charge < -0.3 is 14.5 Å². The second kappa shape index (κ2) is 7.61. The number of likely N-dealkylation sites (tertiary alicyclic amines) is 1. The fourth-order valence-electron chi connectivity index (χ4n) is 2.80. The third-order valence-corrected chi connectivity index (χ3v) is 4.04. The van der Waals surface area contributed by atoms with Crippen LogP contribution in [-0.2, 0) is 11.3 Å². The first kappa shape index (κ1) is 16.0. The Morgan fingerprint density at radius 1 is 1.57 bits per heavy atom. The van der Waals surface area contributed by atoms with Crippen LogP contribution in [0.5, 0.6) is 0 Å². The smallest absolute Gasteiger partial charge is 0.287 e. The van der Waals surface area contributed by atoms with Gasteiger partial charge in [-0.3, -0.25) is 9.69 Å². The SMILES string of the molecule is COCc1ccc(C(=O)NCC(C)N2CCCC(C)C2)o1. The first-order valence-corrected chi connectivity index (χ1v) is 7.70. The minimum Gasteiger partial charge on any atom is -0.453 e. The van der Waals surface area contributed by atoms with Crippen LogP contribution in [0.2, 0.25) is 0 Å². The zero-order valence-electron chi connectivity index (χ0n) is 13.2. The Balaban J connectivity index is 1.79. The first-order valence-electron chi connectivity index (χ1n) is 7.70. The molecular formula is C16H26N2O3. The van der Waals surface area contributed by atoms with E-state index in [2.05, 4.69) is 24.1 Å². The van der Waals surface area contributed by atoms with Crippen molar-refractivity contribution in [3.63, 3.8) is 0 Å². The van der Waals surface area contributed by atoms with Crippen LogP contribution in [0.1, 0.15) is 43.0 Å². The molecule has 1 N–H and O–H groups in total. The average molecular weight is 294 g/mol. The number of piperidine rings is 1. The van der Waals surface area contributed by atoms with Crippen LogP contribution >= 0.6 is 0 Å². The quantitative estimate of drug-likeness (QED) is 0.874. The summed E-state index contributed by atoms with van der Waals surface area (Å²) in [7, 11) is 1.60. The van der Waals surface area contributed by atoms with Gasteiger partial charge in [-0.1, -0.05) is 6.92 Å². The van der Waals surface area contributed by atoms with Crippen molar-refractivity contribution in [1.29, 1.82) is 0 Å². The van der Waals surface area contributed by atoms with Crippen molar-refractivity contribution in [2.75, 3.05) is 26.7 Å². The van der Waals surface area contributed by atoms with E-state index in [9.17, 15) is 4.79 Å². The van der Waals surface area contributed by atoms with Crippen molar-refractivity contribution < 1.29 is 13.9 Å². The van der Waals surface area contributed by atoms with E-state index in [1.165, 1.54) is 12.8 Å². The number of hydrogen-bond acceptors (Lipinski definition) is 4. The molecule has 1 aromatic rings. The molecule has 1 amide bonds. The van der Waals surface area contributed by atoms with Gasteiger partial charge in [-0.25, -0.2) is 0 Å². The Labute approximate surface area is 126 Å². The summed E-state index contributed by atoms with van der Waals surface area (Å²) >= 11 is 0. The summed E-state index contributed by atoms with van der Waals surface area (Å²) in [5.41, 5.74) is 0. The minimum atomic E-state index is -0.158. The maximum absolute atomic E-state index is 12.0. The topological polar surface area (TPSA) is 54.7 Å². The molecule has 1 aliphatic heterocycles. The molecule has 0 spiro atoms. The lowest BCUT2D eigenvalue weighted by atomic mass is 9.99. The number of carbonyl (C=O) groups is 1. The van der Waals surface area contributed by atoms with Crippen LogP contribution in [0.25, 0.3) is 0 Å². The highest BCUT2D eigenvalue weighted by molar-refractivity contribution is 5.91. The fourth-order valence-corrected chi connectivity index (χ4v) is 2.80. The molecule has 1 fully saturated rings. The third-order valence-electron chi connectivity index (χ3n) is 4.04. The van der Waals surface area contributed by atoms with E-state index in [0.29, 0.717) is 30.7 Å². The largest absolute Gasteiger partial charge is 0.453 e. The Morgan fingerprint density at radius 3 is 3.10 bits per heavy atom. The van der Waals surface area contributed by atoms with E-state index in [-0.39, 0.29) is 5.91 Å². The van der Waals surface area contributed by atoms with E-state index in [0.717, 1.165) is 19.0 Å². The molecule has 0 saturated carbocycles. The maximum Gasteiger partial charge on any atom is 0.287 e. The number of methoxy groups -OCH3 is 1. The van der Waals surface area contributed by atoms with Crippen molar-refractivity contribution in [2.24, 2.45) is 5.92 Å². The van der Waals surface area contributed by atoms with Crippen LogP contribution in [-0.4, -0.2) is 43.6 Å². The summed E-state index contributed by atoms with van der Waals surface area (Å²) in [6.07, 6.45) is 2.56. The molecule has 2 atom stereocenters. The van der Waals surface area contributed by atoms with Crippen LogP contribution in [0.4, 0.5) is 0 Å². The highest BCUT2D eigenvalue weighted by Gasteiger charge is 2.21. The van der Waals surface area contributed by atoms with E-state index >= 15 is 0 Å². The van der Waals surface area contributed by atoms with Crippen molar-refractivity contribution in [2.45, 2.75) is 39.3 Å². The van der Waals surface area contributed by atoms with Gasteiger partial charge in [-0.15, -0.1) is 0 Å². The molecule has 118 valence electrons. The van der Waals surface area contributed by atoms with Gasteiger partial charge in [-0.05, 0) is 44.4 Å². The summed E-state index contributed by atoms with van der Waals surface area (Å²) in [6.45, 7) is 7.73. The Kier molecular flexibility index (Phi) is 5.82. The van der Waals surface area contributed by atoms with E-state index in [4.69, 9.17) is 9.15 Å². The number of nitrogens with zero attached hydrogens (tertiary/aromatic N) is 1. The minimum absolute atomic E-state index is 0.158. The van der Waals surface area contributed by atoms with Crippen molar-refractivity contribution in [3.8, 4) is 0 Å². The first-order chi connectivity index (χ1) is 10.1. The van der Waals surface area contributed by atoms with E-state index in [1.54, 1.807) is 19.2 Å². The fraction of sp³-hybridized carbons (Fsp3) is 0.688. The lowest BCUT2D eigenvalue weighted by Crippen LogP contribution is -2.46. The van der Waals surface area contributed by atoms with Crippen LogP contribution in [0.15, 0.2) is 16.5 Å². The molecule has 2 heterocycles. The van der Waals surface area contributed by atoms with Gasteiger partial charge in [0.1, 0.15) is 12.4 Å². The zero-order valence-corrected chi connectivity index (χ0v) is 13.2. The van der Waals surface area contributed by atoms with Gasteiger partial charge in [0.25, 0.3) is 5.91 Å². The Morgan fingerprint density at radius 2 is 2.38 bits per heavy atom. The van der Waals surface area contributed by atoms with Gasteiger partial charge in [0.05, 0.1) is 0 Å². The monoisotopic (exact) mass is 294 g/mol. The summed E-state index contributed by atoms with van der Waals surface area (Å²) in [5.74, 6) is 1.61. The molecule has 0 aliphatic carbocycles. The molecule has 2 rings (SSSR count). The van der Waals surface area contributed by atoms with Crippen LogP contribution in [0.3, 0.4) is 0 Å². The van der Waals surface area contributed by atoms with Gasteiger partial charge in [-0.2, -0.15) is 0 Å². The molecule has 5 heteroatoms.